The number of rotatable bonds is 0. The molecular weight excluding hydrogens is 204 g/mol. The molecular formula is C7H16PY-. The van der Waals surface area contributed by atoms with E-state index in [-0.39, 0.29) is 42.6 Å². The minimum Gasteiger partial charge on any atom is -0.328 e. The second-order valence-corrected chi connectivity index (χ2v) is 2.55. The summed E-state index contributed by atoms with van der Waals surface area (Å²) in [5.41, 5.74) is 0. The van der Waals surface area contributed by atoms with Crippen LogP contribution in [0, 0.1) is 12.3 Å². The van der Waals surface area contributed by atoms with Crippen LogP contribution < -0.4 is 0 Å². The van der Waals surface area contributed by atoms with Gasteiger partial charge in [-0.15, -0.1) is 0 Å². The van der Waals surface area contributed by atoms with Gasteiger partial charge in [-0.2, -0.15) is 22.7 Å². The first-order valence-electron chi connectivity index (χ1n) is 3.21. The van der Waals surface area contributed by atoms with E-state index in [9.17, 15) is 0 Å². The van der Waals surface area contributed by atoms with Gasteiger partial charge in [-0.1, -0.05) is 19.8 Å². The zero-order valence-corrected chi connectivity index (χ0v) is 10.5. The third kappa shape index (κ3) is 5.95. The SMILES string of the molecule is CC1CC[CH-]CC1.P.[Y]. The molecule has 0 amide bonds. The van der Waals surface area contributed by atoms with Crippen molar-refractivity contribution in [2.75, 3.05) is 0 Å². The van der Waals surface area contributed by atoms with Crippen LogP contribution in [-0.4, -0.2) is 0 Å². The Balaban J connectivity index is 0. The molecule has 1 radical (unpaired) electrons. The Morgan fingerprint density at radius 2 is 1.67 bits per heavy atom. The molecule has 0 spiro atoms. The first-order chi connectivity index (χ1) is 3.39. The molecule has 0 bridgehead atoms. The maximum absolute atomic E-state index is 2.40. The van der Waals surface area contributed by atoms with Crippen molar-refractivity contribution in [2.45, 2.75) is 32.6 Å². The van der Waals surface area contributed by atoms with Gasteiger partial charge in [0.1, 0.15) is 0 Å². The third-order valence-corrected chi connectivity index (χ3v) is 1.73. The molecule has 0 aromatic carbocycles. The minimum atomic E-state index is 0. The summed E-state index contributed by atoms with van der Waals surface area (Å²) in [7, 11) is 0. The Hall–Kier alpha value is 1.53. The van der Waals surface area contributed by atoms with E-state index >= 15 is 0 Å². The molecule has 1 saturated carbocycles. The van der Waals surface area contributed by atoms with Crippen molar-refractivity contribution < 1.29 is 32.7 Å². The molecule has 0 nitrogen and oxygen atoms in total. The predicted octanol–water partition coefficient (Wildman–Crippen LogP) is 2.46. The van der Waals surface area contributed by atoms with Gasteiger partial charge in [-0.3, -0.25) is 0 Å². The summed E-state index contributed by atoms with van der Waals surface area (Å²) < 4.78 is 0. The zero-order chi connectivity index (χ0) is 5.11. The summed E-state index contributed by atoms with van der Waals surface area (Å²) in [6, 6.07) is 0. The van der Waals surface area contributed by atoms with Crippen molar-refractivity contribution in [2.24, 2.45) is 5.92 Å². The van der Waals surface area contributed by atoms with E-state index in [1.807, 2.05) is 0 Å². The van der Waals surface area contributed by atoms with E-state index in [2.05, 4.69) is 13.3 Å². The van der Waals surface area contributed by atoms with Crippen molar-refractivity contribution in [1.82, 2.24) is 0 Å². The Labute approximate surface area is 87.1 Å². The standard InChI is InChI=1S/C7H13.H3P.Y/c1-7-5-3-2-4-6-7;;/h2,7H,3-6H2,1H3;1H3;/q-1;;. The molecule has 1 aliphatic rings. The molecule has 1 rings (SSSR count). The molecule has 1 unspecified atom stereocenters. The molecule has 53 valence electrons. The van der Waals surface area contributed by atoms with E-state index in [4.69, 9.17) is 0 Å². The van der Waals surface area contributed by atoms with Crippen molar-refractivity contribution >= 4 is 9.90 Å². The van der Waals surface area contributed by atoms with Crippen LogP contribution in [0.2, 0.25) is 0 Å². The molecule has 9 heavy (non-hydrogen) atoms. The van der Waals surface area contributed by atoms with Crippen LogP contribution in [0.15, 0.2) is 0 Å². The van der Waals surface area contributed by atoms with Crippen molar-refractivity contribution in [3.05, 3.63) is 6.42 Å². The second kappa shape index (κ2) is 7.64. The zero-order valence-electron chi connectivity index (χ0n) is 6.27. The average Bonchev–Trinajstić information content (AvgIpc) is 1.69. The van der Waals surface area contributed by atoms with Gasteiger partial charge in [0, 0.05) is 32.7 Å². The topological polar surface area (TPSA) is 0 Å². The maximum Gasteiger partial charge on any atom is 0 e. The van der Waals surface area contributed by atoms with Crippen LogP contribution in [0.1, 0.15) is 32.6 Å². The minimum absolute atomic E-state index is 0. The van der Waals surface area contributed by atoms with Crippen LogP contribution in [0.4, 0.5) is 0 Å². The summed E-state index contributed by atoms with van der Waals surface area (Å²) in [6.07, 6.45) is 7.99. The monoisotopic (exact) mass is 220 g/mol. The largest absolute Gasteiger partial charge is 0.328 e. The van der Waals surface area contributed by atoms with Gasteiger partial charge in [0.25, 0.3) is 0 Å². The van der Waals surface area contributed by atoms with Gasteiger partial charge in [-0.05, 0) is 5.92 Å². The van der Waals surface area contributed by atoms with E-state index < -0.39 is 0 Å². The summed E-state index contributed by atoms with van der Waals surface area (Å²) in [4.78, 5) is 0. The van der Waals surface area contributed by atoms with Gasteiger partial charge < -0.3 is 6.42 Å². The summed E-state index contributed by atoms with van der Waals surface area (Å²) >= 11 is 0. The first kappa shape index (κ1) is 13.1. The molecule has 1 aliphatic carbocycles. The van der Waals surface area contributed by atoms with E-state index in [0.717, 1.165) is 5.92 Å². The summed E-state index contributed by atoms with van der Waals surface area (Å²) in [6.45, 7) is 2.34. The Morgan fingerprint density at radius 1 is 1.22 bits per heavy atom. The molecule has 1 atom stereocenters. The molecule has 0 saturated heterocycles. The molecule has 0 aromatic heterocycles. The molecule has 0 N–H and O–H groups in total. The predicted molar refractivity (Wildman–Crippen MR) is 43.0 cm³/mol. The fraction of sp³-hybridized carbons (Fsp3) is 0.857. The quantitative estimate of drug-likeness (QED) is 0.434. The van der Waals surface area contributed by atoms with Crippen molar-refractivity contribution in [3.63, 3.8) is 0 Å². The Bertz CT molecular complexity index is 50.9. The number of hydrogen-bond donors (Lipinski definition) is 0. The maximum atomic E-state index is 2.40. The normalized spacial score (nSPS) is 19.7. The second-order valence-electron chi connectivity index (χ2n) is 2.55. The van der Waals surface area contributed by atoms with Gasteiger partial charge >= 0.3 is 0 Å². The van der Waals surface area contributed by atoms with E-state index in [1.54, 1.807) is 0 Å². The van der Waals surface area contributed by atoms with Gasteiger partial charge in [0.2, 0.25) is 0 Å². The smallest absolute Gasteiger partial charge is 0 e. The van der Waals surface area contributed by atoms with Gasteiger partial charge in [0.15, 0.2) is 0 Å². The summed E-state index contributed by atoms with van der Waals surface area (Å²) in [5.74, 6) is 1.00. The molecule has 1 fully saturated rings. The Kier molecular flexibility index (Phi) is 11.2. The van der Waals surface area contributed by atoms with E-state index in [0.29, 0.717) is 0 Å². The number of hydrogen-bond acceptors (Lipinski definition) is 0. The van der Waals surface area contributed by atoms with Crippen molar-refractivity contribution in [3.8, 4) is 0 Å². The first-order valence-corrected chi connectivity index (χ1v) is 3.21. The molecule has 2 heteroatoms. The van der Waals surface area contributed by atoms with Gasteiger partial charge in [-0.25, -0.2) is 0 Å². The fourth-order valence-electron chi connectivity index (χ4n) is 1.09. The molecule has 0 heterocycles. The average molecular weight is 220 g/mol. The van der Waals surface area contributed by atoms with Crippen LogP contribution in [0.3, 0.4) is 0 Å². The van der Waals surface area contributed by atoms with Crippen LogP contribution in [0.5, 0.6) is 0 Å². The van der Waals surface area contributed by atoms with Crippen LogP contribution in [-0.2, 0) is 32.7 Å². The Morgan fingerprint density at radius 3 is 1.89 bits per heavy atom. The molecule has 0 aliphatic heterocycles. The summed E-state index contributed by atoms with van der Waals surface area (Å²) in [5, 5.41) is 0. The van der Waals surface area contributed by atoms with Gasteiger partial charge in [0.05, 0.1) is 0 Å². The third-order valence-electron chi connectivity index (χ3n) is 1.73. The van der Waals surface area contributed by atoms with Crippen molar-refractivity contribution in [1.29, 1.82) is 0 Å². The van der Waals surface area contributed by atoms with Crippen LogP contribution >= 0.6 is 9.90 Å². The molecule has 0 aromatic rings. The van der Waals surface area contributed by atoms with E-state index in [1.165, 1.54) is 25.7 Å². The van der Waals surface area contributed by atoms with Crippen LogP contribution in [0.25, 0.3) is 0 Å². The fourth-order valence-corrected chi connectivity index (χ4v) is 1.09.